The summed E-state index contributed by atoms with van der Waals surface area (Å²) in [6.07, 6.45) is -0.668. The predicted octanol–water partition coefficient (Wildman–Crippen LogP) is 2.79. The van der Waals surface area contributed by atoms with Crippen LogP contribution in [0.4, 0.5) is 4.79 Å². The smallest absolute Gasteiger partial charge is 0.408 e. The Morgan fingerprint density at radius 3 is 2.43 bits per heavy atom. The van der Waals surface area contributed by atoms with E-state index in [4.69, 9.17) is 14.2 Å². The fraction of sp³-hybridized carbons (Fsp3) is 0.467. The number of benzene rings is 1. The van der Waals surface area contributed by atoms with Crippen LogP contribution in [-0.4, -0.2) is 25.9 Å². The molecule has 0 fully saturated rings. The van der Waals surface area contributed by atoms with Crippen molar-refractivity contribution in [1.82, 2.24) is 5.32 Å². The molecule has 6 nitrogen and oxygen atoms in total. The van der Waals surface area contributed by atoms with Gasteiger partial charge in [-0.25, -0.2) is 4.79 Å². The number of carbonyl (C=O) groups is 1. The van der Waals surface area contributed by atoms with Gasteiger partial charge in [-0.3, -0.25) is 0 Å². The molecule has 114 valence electrons. The number of nitriles is 1. The molecule has 0 aromatic heterocycles. The van der Waals surface area contributed by atoms with Crippen molar-refractivity contribution in [2.45, 2.75) is 32.4 Å². The Hall–Kier alpha value is -2.42. The molecule has 0 aliphatic rings. The van der Waals surface area contributed by atoms with Crippen molar-refractivity contribution < 1.29 is 19.0 Å². The molecule has 1 aromatic carbocycles. The van der Waals surface area contributed by atoms with Crippen LogP contribution in [0.15, 0.2) is 18.2 Å². The maximum atomic E-state index is 11.8. The summed E-state index contributed by atoms with van der Waals surface area (Å²) in [6, 6.07) is 6.23. The highest BCUT2D eigenvalue weighted by molar-refractivity contribution is 5.69. The van der Waals surface area contributed by atoms with E-state index >= 15 is 0 Å². The highest BCUT2D eigenvalue weighted by Crippen LogP contribution is 2.34. The van der Waals surface area contributed by atoms with Crippen molar-refractivity contribution in [3.8, 4) is 17.6 Å². The zero-order chi connectivity index (χ0) is 16.0. The molecule has 0 saturated carbocycles. The molecule has 6 heteroatoms. The minimum absolute atomic E-state index is 0.405. The largest absolute Gasteiger partial charge is 0.493 e. The maximum absolute atomic E-state index is 11.8. The van der Waals surface area contributed by atoms with E-state index in [9.17, 15) is 10.1 Å². The van der Waals surface area contributed by atoms with Crippen LogP contribution in [0.5, 0.6) is 11.5 Å². The van der Waals surface area contributed by atoms with Crippen LogP contribution in [0.1, 0.15) is 32.4 Å². The molecular weight excluding hydrogens is 272 g/mol. The average Bonchev–Trinajstić information content (AvgIpc) is 2.41. The van der Waals surface area contributed by atoms with E-state index in [1.165, 1.54) is 14.2 Å². The van der Waals surface area contributed by atoms with Gasteiger partial charge in [0.15, 0.2) is 11.5 Å². The second kappa shape index (κ2) is 6.84. The van der Waals surface area contributed by atoms with Crippen LogP contribution in [0.25, 0.3) is 0 Å². The first-order valence-electron chi connectivity index (χ1n) is 6.42. The number of methoxy groups -OCH3 is 2. The van der Waals surface area contributed by atoms with E-state index < -0.39 is 17.7 Å². The standard InChI is InChI=1S/C15H20N2O4/c1-15(2,3)21-14(18)17-11(9-16)10-7-6-8-12(19-4)13(10)20-5/h6-8,11H,1-5H3,(H,17,18). The number of nitrogens with zero attached hydrogens (tertiary/aromatic N) is 1. The molecule has 0 radical (unpaired) electrons. The summed E-state index contributed by atoms with van der Waals surface area (Å²) >= 11 is 0. The van der Waals surface area contributed by atoms with E-state index in [-0.39, 0.29) is 0 Å². The number of amides is 1. The van der Waals surface area contributed by atoms with Crippen LogP contribution in [0, 0.1) is 11.3 Å². The summed E-state index contributed by atoms with van der Waals surface area (Å²) < 4.78 is 15.6. The molecule has 0 spiro atoms. The lowest BCUT2D eigenvalue weighted by atomic mass is 10.1. The Labute approximate surface area is 124 Å². The number of carbonyl (C=O) groups excluding carboxylic acids is 1. The molecule has 1 aromatic rings. The van der Waals surface area contributed by atoms with Crippen LogP contribution >= 0.6 is 0 Å². The third kappa shape index (κ3) is 4.56. The average molecular weight is 292 g/mol. The van der Waals surface area contributed by atoms with Crippen LogP contribution in [-0.2, 0) is 4.74 Å². The molecule has 0 heterocycles. The van der Waals surface area contributed by atoms with Gasteiger partial charge in [0, 0.05) is 5.56 Å². The van der Waals surface area contributed by atoms with Gasteiger partial charge in [-0.1, -0.05) is 12.1 Å². The summed E-state index contributed by atoms with van der Waals surface area (Å²) in [5.74, 6) is 0.892. The molecular formula is C15H20N2O4. The summed E-state index contributed by atoms with van der Waals surface area (Å²) in [4.78, 5) is 11.8. The van der Waals surface area contributed by atoms with E-state index in [1.54, 1.807) is 39.0 Å². The highest BCUT2D eigenvalue weighted by atomic mass is 16.6. The third-order valence-electron chi connectivity index (χ3n) is 2.53. The van der Waals surface area contributed by atoms with Gasteiger partial charge in [0.2, 0.25) is 0 Å². The Morgan fingerprint density at radius 1 is 1.29 bits per heavy atom. The molecule has 1 amide bonds. The molecule has 0 bridgehead atoms. The Morgan fingerprint density at radius 2 is 1.95 bits per heavy atom. The molecule has 1 atom stereocenters. The number of alkyl carbamates (subject to hydrolysis) is 1. The van der Waals surface area contributed by atoms with Crippen molar-refractivity contribution in [3.05, 3.63) is 23.8 Å². The molecule has 21 heavy (non-hydrogen) atoms. The summed E-state index contributed by atoms with van der Waals surface area (Å²) in [5, 5.41) is 11.8. The monoisotopic (exact) mass is 292 g/mol. The second-order valence-corrected chi connectivity index (χ2v) is 5.29. The minimum atomic E-state index is -0.898. The maximum Gasteiger partial charge on any atom is 0.408 e. The Bertz CT molecular complexity index is 544. The predicted molar refractivity (Wildman–Crippen MR) is 77.3 cm³/mol. The topological polar surface area (TPSA) is 80.6 Å². The van der Waals surface area contributed by atoms with Crippen LogP contribution < -0.4 is 14.8 Å². The van der Waals surface area contributed by atoms with Gasteiger partial charge in [-0.2, -0.15) is 5.26 Å². The zero-order valence-corrected chi connectivity index (χ0v) is 12.9. The Kier molecular flexibility index (Phi) is 5.42. The number of hydrogen-bond acceptors (Lipinski definition) is 5. The number of hydrogen-bond donors (Lipinski definition) is 1. The lowest BCUT2D eigenvalue weighted by molar-refractivity contribution is 0.0515. The lowest BCUT2D eigenvalue weighted by Crippen LogP contribution is -2.34. The van der Waals surface area contributed by atoms with Crippen molar-refractivity contribution >= 4 is 6.09 Å². The van der Waals surface area contributed by atoms with Gasteiger partial charge in [-0.15, -0.1) is 0 Å². The zero-order valence-electron chi connectivity index (χ0n) is 12.9. The fourth-order valence-corrected chi connectivity index (χ4v) is 1.74. The van der Waals surface area contributed by atoms with E-state index in [2.05, 4.69) is 5.32 Å². The molecule has 1 N–H and O–H groups in total. The first kappa shape index (κ1) is 16.6. The quantitative estimate of drug-likeness (QED) is 0.923. The Balaban J connectivity index is 3.01. The minimum Gasteiger partial charge on any atom is -0.493 e. The normalized spacial score (nSPS) is 12.0. The number of ether oxygens (including phenoxy) is 3. The molecule has 0 aliphatic heterocycles. The third-order valence-corrected chi connectivity index (χ3v) is 2.53. The summed E-state index contributed by atoms with van der Waals surface area (Å²) in [5.41, 5.74) is -0.132. The number of rotatable bonds is 4. The molecule has 1 rings (SSSR count). The summed E-state index contributed by atoms with van der Waals surface area (Å²) in [7, 11) is 2.98. The van der Waals surface area contributed by atoms with Crippen molar-refractivity contribution in [3.63, 3.8) is 0 Å². The lowest BCUT2D eigenvalue weighted by Gasteiger charge is -2.22. The van der Waals surface area contributed by atoms with Gasteiger partial charge in [0.25, 0.3) is 0 Å². The van der Waals surface area contributed by atoms with Gasteiger partial charge < -0.3 is 19.5 Å². The van der Waals surface area contributed by atoms with Gasteiger partial charge in [0.05, 0.1) is 20.3 Å². The fourth-order valence-electron chi connectivity index (χ4n) is 1.74. The highest BCUT2D eigenvalue weighted by Gasteiger charge is 2.23. The van der Waals surface area contributed by atoms with Crippen LogP contribution in [0.2, 0.25) is 0 Å². The molecule has 0 saturated heterocycles. The van der Waals surface area contributed by atoms with Crippen molar-refractivity contribution in [2.24, 2.45) is 0 Å². The first-order valence-corrected chi connectivity index (χ1v) is 6.42. The van der Waals surface area contributed by atoms with Crippen LogP contribution in [0.3, 0.4) is 0 Å². The first-order chi connectivity index (χ1) is 9.82. The summed E-state index contributed by atoms with van der Waals surface area (Å²) in [6.45, 7) is 5.25. The van der Waals surface area contributed by atoms with Crippen molar-refractivity contribution in [1.29, 1.82) is 5.26 Å². The SMILES string of the molecule is COc1cccc(C(C#N)NC(=O)OC(C)(C)C)c1OC. The second-order valence-electron chi connectivity index (χ2n) is 5.29. The van der Waals surface area contributed by atoms with Gasteiger partial charge >= 0.3 is 6.09 Å². The van der Waals surface area contributed by atoms with E-state index in [0.29, 0.717) is 17.1 Å². The van der Waals surface area contributed by atoms with E-state index in [0.717, 1.165) is 0 Å². The molecule has 0 aliphatic carbocycles. The number of nitrogens with one attached hydrogen (secondary N) is 1. The molecule has 1 unspecified atom stereocenters. The van der Waals surface area contributed by atoms with Crippen molar-refractivity contribution in [2.75, 3.05) is 14.2 Å². The van der Waals surface area contributed by atoms with E-state index in [1.807, 2.05) is 6.07 Å². The van der Waals surface area contributed by atoms with Gasteiger partial charge in [-0.05, 0) is 26.8 Å². The number of para-hydroxylation sites is 1. The van der Waals surface area contributed by atoms with Gasteiger partial charge in [0.1, 0.15) is 11.6 Å².